The lowest BCUT2D eigenvalue weighted by molar-refractivity contribution is 0.267. The van der Waals surface area contributed by atoms with Crippen molar-refractivity contribution in [2.45, 2.75) is 13.0 Å². The summed E-state index contributed by atoms with van der Waals surface area (Å²) in [4.78, 5) is 0. The molecule has 0 aliphatic heterocycles. The topological polar surface area (TPSA) is 46.2 Å². The molecule has 0 unspecified atom stereocenters. The van der Waals surface area contributed by atoms with Crippen LogP contribution in [0.1, 0.15) is 17.2 Å². The monoisotopic (exact) mass is 277 g/mol. The van der Waals surface area contributed by atoms with E-state index in [1.54, 1.807) is 0 Å². The van der Waals surface area contributed by atoms with Crippen LogP contribution >= 0.6 is 22.6 Å². The maximum absolute atomic E-state index is 8.86. The maximum Gasteiger partial charge on any atom is 0.0624 e. The van der Waals surface area contributed by atoms with Gasteiger partial charge >= 0.3 is 0 Å². The van der Waals surface area contributed by atoms with Crippen LogP contribution in [0.3, 0.4) is 0 Å². The van der Waals surface area contributed by atoms with E-state index in [1.807, 2.05) is 19.1 Å². The Morgan fingerprint density at radius 2 is 2.25 bits per heavy atom. The van der Waals surface area contributed by atoms with Crippen molar-refractivity contribution in [2.75, 3.05) is 6.61 Å². The first-order chi connectivity index (χ1) is 5.65. The van der Waals surface area contributed by atoms with Crippen molar-refractivity contribution < 1.29 is 5.11 Å². The highest BCUT2D eigenvalue weighted by atomic mass is 127. The van der Waals surface area contributed by atoms with E-state index in [0.29, 0.717) is 0 Å². The molecule has 0 saturated carbocycles. The summed E-state index contributed by atoms with van der Waals surface area (Å²) in [7, 11) is 0. The standard InChI is InChI=1S/C9H12INO/c1-6-4-7(10)2-3-8(6)9(11)5-12/h2-4,9,12H,5,11H2,1H3/t9-/m1/s1. The van der Waals surface area contributed by atoms with E-state index in [0.717, 1.165) is 11.1 Å². The van der Waals surface area contributed by atoms with Gasteiger partial charge in [-0.1, -0.05) is 6.07 Å². The Labute approximate surface area is 85.9 Å². The van der Waals surface area contributed by atoms with Gasteiger partial charge in [-0.3, -0.25) is 0 Å². The molecule has 1 aromatic carbocycles. The van der Waals surface area contributed by atoms with Crippen LogP contribution in [0, 0.1) is 10.5 Å². The van der Waals surface area contributed by atoms with Crippen LogP contribution in [0.5, 0.6) is 0 Å². The molecule has 0 bridgehead atoms. The Balaban J connectivity index is 3.01. The summed E-state index contributed by atoms with van der Waals surface area (Å²) in [6.45, 7) is 2.01. The smallest absolute Gasteiger partial charge is 0.0624 e. The molecule has 0 spiro atoms. The first-order valence-electron chi connectivity index (χ1n) is 3.77. The zero-order valence-corrected chi connectivity index (χ0v) is 9.08. The van der Waals surface area contributed by atoms with Gasteiger partial charge in [-0.15, -0.1) is 0 Å². The number of hydrogen-bond donors (Lipinski definition) is 2. The van der Waals surface area contributed by atoms with Gasteiger partial charge in [0.2, 0.25) is 0 Å². The molecule has 66 valence electrons. The van der Waals surface area contributed by atoms with E-state index in [2.05, 4.69) is 28.7 Å². The number of aliphatic hydroxyl groups is 1. The van der Waals surface area contributed by atoms with Gasteiger partial charge in [0.15, 0.2) is 0 Å². The zero-order valence-electron chi connectivity index (χ0n) is 6.92. The Bertz CT molecular complexity index is 275. The highest BCUT2D eigenvalue weighted by molar-refractivity contribution is 14.1. The average molecular weight is 277 g/mol. The minimum atomic E-state index is -0.248. The van der Waals surface area contributed by atoms with Crippen LogP contribution < -0.4 is 5.73 Å². The van der Waals surface area contributed by atoms with Gasteiger partial charge in [0.05, 0.1) is 12.6 Å². The number of nitrogens with two attached hydrogens (primary N) is 1. The molecular formula is C9H12INO. The van der Waals surface area contributed by atoms with Crippen LogP contribution in [-0.4, -0.2) is 11.7 Å². The van der Waals surface area contributed by atoms with Gasteiger partial charge in [-0.25, -0.2) is 0 Å². The maximum atomic E-state index is 8.86. The van der Waals surface area contributed by atoms with E-state index in [4.69, 9.17) is 10.8 Å². The molecule has 2 nitrogen and oxygen atoms in total. The Morgan fingerprint density at radius 3 is 2.75 bits per heavy atom. The number of aryl methyl sites for hydroxylation is 1. The number of rotatable bonds is 2. The number of hydrogen-bond acceptors (Lipinski definition) is 2. The fourth-order valence-corrected chi connectivity index (χ4v) is 1.80. The summed E-state index contributed by atoms with van der Waals surface area (Å²) in [6, 6.07) is 5.78. The molecule has 0 amide bonds. The third-order valence-electron chi connectivity index (χ3n) is 1.83. The average Bonchev–Trinajstić information content (AvgIpc) is 2.03. The zero-order chi connectivity index (χ0) is 9.14. The van der Waals surface area contributed by atoms with E-state index in [9.17, 15) is 0 Å². The third kappa shape index (κ3) is 2.18. The van der Waals surface area contributed by atoms with E-state index >= 15 is 0 Å². The van der Waals surface area contributed by atoms with Crippen LogP contribution in [0.15, 0.2) is 18.2 Å². The molecule has 0 radical (unpaired) electrons. The van der Waals surface area contributed by atoms with Crippen LogP contribution in [0.2, 0.25) is 0 Å². The molecule has 3 heteroatoms. The van der Waals surface area contributed by atoms with Gasteiger partial charge < -0.3 is 10.8 Å². The Kier molecular flexibility index (Phi) is 3.49. The normalized spacial score (nSPS) is 13.0. The summed E-state index contributed by atoms with van der Waals surface area (Å²) in [5, 5.41) is 8.86. The molecule has 12 heavy (non-hydrogen) atoms. The second-order valence-electron chi connectivity index (χ2n) is 2.79. The lowest BCUT2D eigenvalue weighted by Gasteiger charge is -2.11. The highest BCUT2D eigenvalue weighted by Gasteiger charge is 2.06. The van der Waals surface area contributed by atoms with E-state index in [1.165, 1.54) is 3.57 Å². The predicted octanol–water partition coefficient (Wildman–Crippen LogP) is 1.59. The van der Waals surface area contributed by atoms with Crippen molar-refractivity contribution in [1.29, 1.82) is 0 Å². The lowest BCUT2D eigenvalue weighted by atomic mass is 10.0. The molecule has 1 aromatic rings. The summed E-state index contributed by atoms with van der Waals surface area (Å²) in [5.41, 5.74) is 7.86. The fraction of sp³-hybridized carbons (Fsp3) is 0.333. The fourth-order valence-electron chi connectivity index (χ4n) is 1.15. The van der Waals surface area contributed by atoms with Crippen molar-refractivity contribution in [3.63, 3.8) is 0 Å². The first-order valence-corrected chi connectivity index (χ1v) is 4.85. The summed E-state index contributed by atoms with van der Waals surface area (Å²) >= 11 is 2.25. The van der Waals surface area contributed by atoms with Gasteiger partial charge in [0.1, 0.15) is 0 Å². The highest BCUT2D eigenvalue weighted by Crippen LogP contribution is 2.17. The third-order valence-corrected chi connectivity index (χ3v) is 2.50. The number of aliphatic hydroxyl groups excluding tert-OH is 1. The summed E-state index contributed by atoms with van der Waals surface area (Å²) in [5.74, 6) is 0. The van der Waals surface area contributed by atoms with Gasteiger partial charge in [-0.05, 0) is 52.8 Å². The molecule has 1 atom stereocenters. The molecular weight excluding hydrogens is 265 g/mol. The first kappa shape index (κ1) is 9.95. The Morgan fingerprint density at radius 1 is 1.58 bits per heavy atom. The van der Waals surface area contributed by atoms with Gasteiger partial charge in [-0.2, -0.15) is 0 Å². The van der Waals surface area contributed by atoms with Gasteiger partial charge in [0, 0.05) is 3.57 Å². The van der Waals surface area contributed by atoms with E-state index < -0.39 is 0 Å². The molecule has 0 heterocycles. The van der Waals surface area contributed by atoms with Crippen LogP contribution in [0.4, 0.5) is 0 Å². The van der Waals surface area contributed by atoms with Crippen molar-refractivity contribution >= 4 is 22.6 Å². The van der Waals surface area contributed by atoms with E-state index in [-0.39, 0.29) is 12.6 Å². The summed E-state index contributed by atoms with van der Waals surface area (Å²) in [6.07, 6.45) is 0. The second kappa shape index (κ2) is 4.20. The molecule has 0 aliphatic carbocycles. The van der Waals surface area contributed by atoms with Gasteiger partial charge in [0.25, 0.3) is 0 Å². The number of halogens is 1. The molecule has 0 fully saturated rings. The second-order valence-corrected chi connectivity index (χ2v) is 4.04. The van der Waals surface area contributed by atoms with Crippen molar-refractivity contribution in [3.8, 4) is 0 Å². The van der Waals surface area contributed by atoms with Crippen molar-refractivity contribution in [2.24, 2.45) is 5.73 Å². The number of benzene rings is 1. The lowest BCUT2D eigenvalue weighted by Crippen LogP contribution is -2.15. The molecule has 0 aliphatic rings. The van der Waals surface area contributed by atoms with Crippen LogP contribution in [-0.2, 0) is 0 Å². The minimum Gasteiger partial charge on any atom is -0.394 e. The SMILES string of the molecule is Cc1cc(I)ccc1[C@H](N)CO. The van der Waals surface area contributed by atoms with Crippen molar-refractivity contribution in [3.05, 3.63) is 32.9 Å². The van der Waals surface area contributed by atoms with Crippen LogP contribution in [0.25, 0.3) is 0 Å². The quantitative estimate of drug-likeness (QED) is 0.806. The summed E-state index contributed by atoms with van der Waals surface area (Å²) < 4.78 is 1.19. The predicted molar refractivity (Wildman–Crippen MR) is 57.9 cm³/mol. The minimum absolute atomic E-state index is 0.00142. The largest absolute Gasteiger partial charge is 0.394 e. The molecule has 0 aromatic heterocycles. The van der Waals surface area contributed by atoms with Crippen molar-refractivity contribution in [1.82, 2.24) is 0 Å². The molecule has 1 rings (SSSR count). The molecule has 0 saturated heterocycles. The molecule has 3 N–H and O–H groups in total. The Hall–Kier alpha value is -0.130.